The number of halogens is 1. The Kier molecular flexibility index (Phi) is 7.34. The quantitative estimate of drug-likeness (QED) is 0.326. The molecule has 19 heavy (non-hydrogen) atoms. The van der Waals surface area contributed by atoms with Gasteiger partial charge in [0.05, 0.1) is 11.4 Å². The summed E-state index contributed by atoms with van der Waals surface area (Å²) in [5.41, 5.74) is 0.625. The summed E-state index contributed by atoms with van der Waals surface area (Å²) in [6, 6.07) is 7.36. The zero-order valence-corrected chi connectivity index (χ0v) is 13.0. The monoisotopic (exact) mass is 319 g/mol. The predicted octanol–water partition coefficient (Wildman–Crippen LogP) is 3.73. The van der Waals surface area contributed by atoms with Gasteiger partial charge in [-0.3, -0.25) is 4.72 Å². The van der Waals surface area contributed by atoms with E-state index in [0.29, 0.717) is 24.4 Å². The number of hydrogen-bond donors (Lipinski definition) is 1. The molecular weight excluding hydrogens is 302 g/mol. The summed E-state index contributed by atoms with van der Waals surface area (Å²) in [7, 11) is -3.30. The molecule has 0 aliphatic rings. The molecule has 0 unspecified atom stereocenters. The molecule has 6 heteroatoms. The van der Waals surface area contributed by atoms with Crippen LogP contribution >= 0.6 is 23.4 Å². The molecule has 0 aromatic heterocycles. The van der Waals surface area contributed by atoms with Crippen LogP contribution in [0.25, 0.3) is 0 Å². The summed E-state index contributed by atoms with van der Waals surface area (Å²) < 4.78 is 26.5. The number of alkyl halides is 1. The van der Waals surface area contributed by atoms with Crippen molar-refractivity contribution < 1.29 is 8.42 Å². The Morgan fingerprint density at radius 3 is 2.74 bits per heavy atom. The van der Waals surface area contributed by atoms with Gasteiger partial charge in [0.15, 0.2) is 0 Å². The number of thioether (sulfide) groups is 1. The van der Waals surface area contributed by atoms with E-state index < -0.39 is 10.0 Å². The highest BCUT2D eigenvalue weighted by Crippen LogP contribution is 2.27. The second kappa shape index (κ2) is 8.51. The van der Waals surface area contributed by atoms with Gasteiger partial charge < -0.3 is 0 Å². The largest absolute Gasteiger partial charge is 0.282 e. The van der Waals surface area contributed by atoms with E-state index in [1.54, 1.807) is 23.9 Å². The molecule has 0 bridgehead atoms. The van der Waals surface area contributed by atoms with Gasteiger partial charge in [-0.25, -0.2) is 8.42 Å². The molecule has 0 radical (unpaired) electrons. The fourth-order valence-corrected chi connectivity index (χ4v) is 3.63. The molecule has 0 heterocycles. The van der Waals surface area contributed by atoms with E-state index in [-0.39, 0.29) is 5.75 Å². The standard InChI is InChI=1S/C13H18ClNO2S2/c1-2-10-18-13-8-4-3-7-12(13)15-19(16,17)11-6-5-9-14/h2-4,7-8,15H,1,5-6,9-11H2. The maximum Gasteiger partial charge on any atom is 0.232 e. The van der Waals surface area contributed by atoms with Crippen molar-refractivity contribution in [3.05, 3.63) is 36.9 Å². The Labute approximate surface area is 124 Å². The van der Waals surface area contributed by atoms with E-state index in [2.05, 4.69) is 11.3 Å². The number of nitrogens with one attached hydrogen (secondary N) is 1. The highest BCUT2D eigenvalue weighted by atomic mass is 35.5. The summed E-state index contributed by atoms with van der Waals surface area (Å²) >= 11 is 7.10. The average Bonchev–Trinajstić information content (AvgIpc) is 2.37. The topological polar surface area (TPSA) is 46.2 Å². The Hall–Kier alpha value is -0.650. The fraction of sp³-hybridized carbons (Fsp3) is 0.385. The first-order valence-corrected chi connectivity index (χ1v) is 9.15. The number of sulfonamides is 1. The van der Waals surface area contributed by atoms with Crippen molar-refractivity contribution in [2.45, 2.75) is 17.7 Å². The summed E-state index contributed by atoms with van der Waals surface area (Å²) in [5, 5.41) is 0. The fourth-order valence-electron chi connectivity index (χ4n) is 1.43. The number of hydrogen-bond acceptors (Lipinski definition) is 3. The van der Waals surface area contributed by atoms with Crippen LogP contribution in [0.2, 0.25) is 0 Å². The van der Waals surface area contributed by atoms with Crippen molar-refractivity contribution >= 4 is 39.1 Å². The van der Waals surface area contributed by atoms with Crippen molar-refractivity contribution in [2.75, 3.05) is 22.1 Å². The van der Waals surface area contributed by atoms with Gasteiger partial charge in [0.2, 0.25) is 10.0 Å². The first-order valence-electron chi connectivity index (χ1n) is 5.98. The lowest BCUT2D eigenvalue weighted by Crippen LogP contribution is -2.17. The van der Waals surface area contributed by atoms with Gasteiger partial charge in [-0.15, -0.1) is 29.9 Å². The van der Waals surface area contributed by atoms with Gasteiger partial charge in [0.25, 0.3) is 0 Å². The summed E-state index contributed by atoms with van der Waals surface area (Å²) in [5.74, 6) is 1.33. The summed E-state index contributed by atoms with van der Waals surface area (Å²) in [6.07, 6.45) is 3.06. The maximum atomic E-state index is 11.9. The third kappa shape index (κ3) is 6.36. The van der Waals surface area contributed by atoms with Gasteiger partial charge >= 0.3 is 0 Å². The number of para-hydroxylation sites is 1. The molecule has 0 aliphatic heterocycles. The van der Waals surface area contributed by atoms with Gasteiger partial charge in [0, 0.05) is 16.5 Å². The number of anilines is 1. The SMILES string of the molecule is C=CCSc1ccccc1NS(=O)(=O)CCCCCl. The maximum absolute atomic E-state index is 11.9. The van der Waals surface area contributed by atoms with Gasteiger partial charge in [-0.05, 0) is 25.0 Å². The summed E-state index contributed by atoms with van der Waals surface area (Å²) in [4.78, 5) is 0.906. The molecule has 0 spiro atoms. The minimum absolute atomic E-state index is 0.0974. The second-order valence-corrected chi connectivity index (χ2v) is 7.19. The van der Waals surface area contributed by atoms with Crippen LogP contribution in [-0.4, -0.2) is 25.8 Å². The molecule has 106 valence electrons. The van der Waals surface area contributed by atoms with Crippen molar-refractivity contribution in [2.24, 2.45) is 0 Å². The lowest BCUT2D eigenvalue weighted by Gasteiger charge is -2.11. The van der Waals surface area contributed by atoms with Crippen molar-refractivity contribution in [1.82, 2.24) is 0 Å². The molecule has 0 atom stereocenters. The Morgan fingerprint density at radius 1 is 1.32 bits per heavy atom. The Balaban J connectivity index is 2.72. The first-order chi connectivity index (χ1) is 9.09. The molecule has 0 fully saturated rings. The minimum Gasteiger partial charge on any atom is -0.282 e. The highest BCUT2D eigenvalue weighted by molar-refractivity contribution is 7.99. The molecule has 1 aromatic carbocycles. The number of rotatable bonds is 9. The molecule has 0 aliphatic carbocycles. The molecular formula is C13H18ClNO2S2. The molecule has 1 rings (SSSR count). The van der Waals surface area contributed by atoms with E-state index in [9.17, 15) is 8.42 Å². The smallest absolute Gasteiger partial charge is 0.232 e. The van der Waals surface area contributed by atoms with Crippen LogP contribution in [0.3, 0.4) is 0 Å². The number of benzene rings is 1. The van der Waals surface area contributed by atoms with E-state index in [4.69, 9.17) is 11.6 Å². The molecule has 3 nitrogen and oxygen atoms in total. The van der Waals surface area contributed by atoms with Crippen LogP contribution in [0.15, 0.2) is 41.8 Å². The molecule has 1 aromatic rings. The zero-order valence-electron chi connectivity index (χ0n) is 10.6. The lowest BCUT2D eigenvalue weighted by atomic mass is 10.3. The third-order valence-electron chi connectivity index (χ3n) is 2.31. The van der Waals surface area contributed by atoms with E-state index in [1.807, 2.05) is 18.2 Å². The van der Waals surface area contributed by atoms with Gasteiger partial charge in [0.1, 0.15) is 0 Å². The Morgan fingerprint density at radius 2 is 2.05 bits per heavy atom. The van der Waals surface area contributed by atoms with Crippen molar-refractivity contribution in [3.63, 3.8) is 0 Å². The molecule has 0 amide bonds. The van der Waals surface area contributed by atoms with E-state index in [0.717, 1.165) is 10.6 Å². The van der Waals surface area contributed by atoms with E-state index in [1.165, 1.54) is 0 Å². The van der Waals surface area contributed by atoms with Crippen molar-refractivity contribution in [3.8, 4) is 0 Å². The predicted molar refractivity (Wildman–Crippen MR) is 84.7 cm³/mol. The highest BCUT2D eigenvalue weighted by Gasteiger charge is 2.12. The van der Waals surface area contributed by atoms with Crippen LogP contribution in [0.1, 0.15) is 12.8 Å². The van der Waals surface area contributed by atoms with Crippen LogP contribution in [0, 0.1) is 0 Å². The molecule has 1 N–H and O–H groups in total. The summed E-state index contributed by atoms with van der Waals surface area (Å²) in [6.45, 7) is 3.66. The van der Waals surface area contributed by atoms with Crippen molar-refractivity contribution in [1.29, 1.82) is 0 Å². The first kappa shape index (κ1) is 16.4. The molecule has 0 saturated carbocycles. The average molecular weight is 320 g/mol. The second-order valence-electron chi connectivity index (χ2n) is 3.91. The normalized spacial score (nSPS) is 11.2. The third-order valence-corrected chi connectivity index (χ3v) is 5.00. The Bertz CT molecular complexity index is 503. The zero-order chi connectivity index (χ0) is 14.1. The minimum atomic E-state index is -3.30. The lowest BCUT2D eigenvalue weighted by molar-refractivity contribution is 0.598. The number of unbranched alkanes of at least 4 members (excludes halogenated alkanes) is 1. The van der Waals surface area contributed by atoms with Crippen LogP contribution < -0.4 is 4.72 Å². The van der Waals surface area contributed by atoms with Crippen LogP contribution in [-0.2, 0) is 10.0 Å². The van der Waals surface area contributed by atoms with Crippen LogP contribution in [0.5, 0.6) is 0 Å². The van der Waals surface area contributed by atoms with Gasteiger partial charge in [-0.1, -0.05) is 18.2 Å². The van der Waals surface area contributed by atoms with E-state index >= 15 is 0 Å². The molecule has 0 saturated heterocycles. The van der Waals surface area contributed by atoms with Gasteiger partial charge in [-0.2, -0.15) is 0 Å². The van der Waals surface area contributed by atoms with Crippen LogP contribution in [0.4, 0.5) is 5.69 Å².